The Morgan fingerprint density at radius 1 is 1.26 bits per heavy atom. The van der Waals surface area contributed by atoms with Crippen LogP contribution in [-0.2, 0) is 24.1 Å². The maximum absolute atomic E-state index is 12.0. The van der Waals surface area contributed by atoms with Gasteiger partial charge in [0, 0.05) is 24.5 Å². The van der Waals surface area contributed by atoms with Crippen molar-refractivity contribution < 1.29 is 9.53 Å². The number of esters is 1. The Morgan fingerprint density at radius 2 is 2.00 bits per heavy atom. The lowest BCUT2D eigenvalue weighted by molar-refractivity contribution is 0.0533. The fourth-order valence-corrected chi connectivity index (χ4v) is 4.14. The number of rotatable bonds is 4. The summed E-state index contributed by atoms with van der Waals surface area (Å²) in [6.45, 7) is 5.11. The van der Waals surface area contributed by atoms with Crippen LogP contribution in [-0.4, -0.2) is 30.6 Å². The normalized spacial score (nSPS) is 15.0. The molecule has 0 fully saturated rings. The lowest BCUT2D eigenvalue weighted by Gasteiger charge is -2.19. The Bertz CT molecular complexity index is 682. The van der Waals surface area contributed by atoms with Gasteiger partial charge in [0.15, 0.2) is 0 Å². The highest BCUT2D eigenvalue weighted by Gasteiger charge is 2.24. The monoisotopic (exact) mass is 330 g/mol. The molecular weight excluding hydrogens is 308 g/mol. The molecule has 0 aliphatic carbocycles. The Labute approximate surface area is 140 Å². The van der Waals surface area contributed by atoms with E-state index in [4.69, 9.17) is 10.5 Å². The van der Waals surface area contributed by atoms with E-state index in [0.29, 0.717) is 17.2 Å². The van der Waals surface area contributed by atoms with Gasteiger partial charge in [-0.15, -0.1) is 11.3 Å². The average molecular weight is 330 g/mol. The molecule has 1 aromatic carbocycles. The van der Waals surface area contributed by atoms with E-state index < -0.39 is 0 Å². The van der Waals surface area contributed by atoms with Crippen molar-refractivity contribution in [2.75, 3.05) is 25.4 Å². The highest BCUT2D eigenvalue weighted by Crippen LogP contribution is 2.34. The number of ether oxygens (including phenoxy) is 1. The minimum absolute atomic E-state index is 0.288. The van der Waals surface area contributed by atoms with Crippen LogP contribution < -0.4 is 5.73 Å². The number of carbonyl (C=O) groups excluding carboxylic acids is 1. The van der Waals surface area contributed by atoms with Gasteiger partial charge in [-0.2, -0.15) is 0 Å². The van der Waals surface area contributed by atoms with Crippen molar-refractivity contribution in [1.82, 2.24) is 4.90 Å². The molecule has 0 radical (unpaired) electrons. The number of thiophene rings is 1. The number of hydrogen-bond acceptors (Lipinski definition) is 5. The maximum Gasteiger partial charge on any atom is 0.350 e. The first-order valence-electron chi connectivity index (χ1n) is 8.02. The van der Waals surface area contributed by atoms with Gasteiger partial charge in [-0.25, -0.2) is 4.79 Å². The number of anilines is 1. The smallest absolute Gasteiger partial charge is 0.350 e. The third-order valence-corrected chi connectivity index (χ3v) is 5.46. The van der Waals surface area contributed by atoms with Crippen LogP contribution in [0.1, 0.15) is 32.6 Å². The highest BCUT2D eigenvalue weighted by molar-refractivity contribution is 7.14. The Kier molecular flexibility index (Phi) is 4.98. The summed E-state index contributed by atoms with van der Waals surface area (Å²) in [7, 11) is 0. The summed E-state index contributed by atoms with van der Waals surface area (Å²) < 4.78 is 5.10. The summed E-state index contributed by atoms with van der Waals surface area (Å²) in [5.41, 5.74) is 9.32. The SMILES string of the molecule is CCOC(=O)c1sc2c(c1N)CCN(Cc1ccccc1)CC2. The van der Waals surface area contributed by atoms with E-state index in [1.807, 2.05) is 13.0 Å². The van der Waals surface area contributed by atoms with E-state index in [2.05, 4.69) is 29.2 Å². The molecule has 1 aromatic heterocycles. The van der Waals surface area contributed by atoms with Gasteiger partial charge in [-0.1, -0.05) is 30.3 Å². The molecule has 2 N–H and O–H groups in total. The maximum atomic E-state index is 12.0. The van der Waals surface area contributed by atoms with Crippen LogP contribution in [0.25, 0.3) is 0 Å². The van der Waals surface area contributed by atoms with Crippen LogP contribution in [0.4, 0.5) is 5.69 Å². The van der Waals surface area contributed by atoms with Crippen molar-refractivity contribution in [3.8, 4) is 0 Å². The number of benzene rings is 1. The summed E-state index contributed by atoms with van der Waals surface area (Å²) in [5, 5.41) is 0. The van der Waals surface area contributed by atoms with Crippen LogP contribution in [0.5, 0.6) is 0 Å². The first-order chi connectivity index (χ1) is 11.2. The molecular formula is C18H22N2O2S. The minimum Gasteiger partial charge on any atom is -0.462 e. The van der Waals surface area contributed by atoms with Crippen LogP contribution in [0.15, 0.2) is 30.3 Å². The lowest BCUT2D eigenvalue weighted by atomic mass is 10.1. The summed E-state index contributed by atoms with van der Waals surface area (Å²) in [4.78, 5) is 16.2. The van der Waals surface area contributed by atoms with Gasteiger partial charge in [0.2, 0.25) is 0 Å². The zero-order valence-corrected chi connectivity index (χ0v) is 14.2. The first-order valence-corrected chi connectivity index (χ1v) is 8.84. The van der Waals surface area contributed by atoms with Gasteiger partial charge in [-0.3, -0.25) is 4.90 Å². The lowest BCUT2D eigenvalue weighted by Crippen LogP contribution is -2.26. The zero-order chi connectivity index (χ0) is 16.2. The van der Waals surface area contributed by atoms with Crippen molar-refractivity contribution in [3.05, 3.63) is 51.2 Å². The Hall–Kier alpha value is -1.85. The second-order valence-electron chi connectivity index (χ2n) is 5.73. The molecule has 1 aliphatic rings. The van der Waals surface area contributed by atoms with E-state index in [9.17, 15) is 4.79 Å². The topological polar surface area (TPSA) is 55.6 Å². The van der Waals surface area contributed by atoms with Gasteiger partial charge < -0.3 is 10.5 Å². The Balaban J connectivity index is 1.71. The minimum atomic E-state index is -0.288. The molecule has 0 amide bonds. The Morgan fingerprint density at radius 3 is 2.74 bits per heavy atom. The number of carbonyl (C=O) groups is 1. The quantitative estimate of drug-likeness (QED) is 0.875. The molecule has 122 valence electrons. The molecule has 2 heterocycles. The van der Waals surface area contributed by atoms with Crippen molar-refractivity contribution in [2.45, 2.75) is 26.3 Å². The van der Waals surface area contributed by atoms with Gasteiger partial charge >= 0.3 is 5.97 Å². The number of nitrogen functional groups attached to an aromatic ring is 1. The zero-order valence-electron chi connectivity index (χ0n) is 13.4. The predicted octanol–water partition coefficient (Wildman–Crippen LogP) is 3.11. The fourth-order valence-electron chi connectivity index (χ4n) is 2.99. The summed E-state index contributed by atoms with van der Waals surface area (Å²) >= 11 is 1.51. The standard InChI is InChI=1S/C18H22N2O2S/c1-2-22-18(21)17-16(19)14-8-10-20(11-9-15(14)23-17)12-13-6-4-3-5-7-13/h3-7H,2,8-12,19H2,1H3. The molecule has 2 aromatic rings. The molecule has 23 heavy (non-hydrogen) atoms. The number of fused-ring (bicyclic) bond motifs is 1. The molecule has 0 spiro atoms. The predicted molar refractivity (Wildman–Crippen MR) is 93.8 cm³/mol. The summed E-state index contributed by atoms with van der Waals surface area (Å²) in [6, 6.07) is 10.5. The van der Waals surface area contributed by atoms with E-state index in [-0.39, 0.29) is 5.97 Å². The van der Waals surface area contributed by atoms with Crippen LogP contribution >= 0.6 is 11.3 Å². The third kappa shape index (κ3) is 3.57. The van der Waals surface area contributed by atoms with Crippen molar-refractivity contribution >= 4 is 23.0 Å². The molecule has 0 saturated heterocycles. The molecule has 0 bridgehead atoms. The number of nitrogens with zero attached hydrogens (tertiary/aromatic N) is 1. The van der Waals surface area contributed by atoms with Gasteiger partial charge in [0.05, 0.1) is 12.3 Å². The average Bonchev–Trinajstić information content (AvgIpc) is 2.74. The van der Waals surface area contributed by atoms with Crippen LogP contribution in [0.2, 0.25) is 0 Å². The van der Waals surface area contributed by atoms with E-state index in [1.165, 1.54) is 21.8 Å². The summed E-state index contributed by atoms with van der Waals surface area (Å²) in [5.74, 6) is -0.288. The van der Waals surface area contributed by atoms with Gasteiger partial charge in [-0.05, 0) is 30.9 Å². The molecule has 4 nitrogen and oxygen atoms in total. The van der Waals surface area contributed by atoms with Crippen LogP contribution in [0.3, 0.4) is 0 Å². The van der Waals surface area contributed by atoms with E-state index in [0.717, 1.165) is 38.0 Å². The molecule has 5 heteroatoms. The van der Waals surface area contributed by atoms with E-state index >= 15 is 0 Å². The number of nitrogens with two attached hydrogens (primary N) is 1. The third-order valence-electron chi connectivity index (χ3n) is 4.17. The van der Waals surface area contributed by atoms with E-state index in [1.54, 1.807) is 0 Å². The second kappa shape index (κ2) is 7.15. The van der Waals surface area contributed by atoms with Crippen molar-refractivity contribution in [1.29, 1.82) is 0 Å². The van der Waals surface area contributed by atoms with Crippen molar-refractivity contribution in [3.63, 3.8) is 0 Å². The largest absolute Gasteiger partial charge is 0.462 e. The van der Waals surface area contributed by atoms with Gasteiger partial charge in [0.25, 0.3) is 0 Å². The van der Waals surface area contributed by atoms with Crippen LogP contribution in [0, 0.1) is 0 Å². The molecule has 1 aliphatic heterocycles. The molecule has 0 saturated carbocycles. The molecule has 3 rings (SSSR count). The molecule has 0 atom stereocenters. The highest BCUT2D eigenvalue weighted by atomic mass is 32.1. The first kappa shape index (κ1) is 16.0. The fraction of sp³-hybridized carbons (Fsp3) is 0.389. The van der Waals surface area contributed by atoms with Crippen molar-refractivity contribution in [2.24, 2.45) is 0 Å². The summed E-state index contributed by atoms with van der Waals surface area (Å²) in [6.07, 6.45) is 1.83. The second-order valence-corrected chi connectivity index (χ2v) is 6.83. The van der Waals surface area contributed by atoms with Gasteiger partial charge in [0.1, 0.15) is 4.88 Å². The number of hydrogen-bond donors (Lipinski definition) is 1. The molecule has 0 unspecified atom stereocenters.